The van der Waals surface area contributed by atoms with Crippen LogP contribution in [-0.2, 0) is 10.0 Å². The topological polar surface area (TPSA) is 74.8 Å². The highest BCUT2D eigenvalue weighted by Crippen LogP contribution is 2.22. The van der Waals surface area contributed by atoms with Gasteiger partial charge in [-0.05, 0) is 30.7 Å². The number of rotatable bonds is 3. The molecule has 0 radical (unpaired) electrons. The molecule has 2 N–H and O–H groups in total. The maximum atomic E-state index is 11.9. The van der Waals surface area contributed by atoms with Crippen molar-refractivity contribution in [1.82, 2.24) is 10.2 Å². The van der Waals surface area contributed by atoms with Gasteiger partial charge in [0, 0.05) is 4.47 Å². The third kappa shape index (κ3) is 2.67. The van der Waals surface area contributed by atoms with Gasteiger partial charge in [0.25, 0.3) is 10.0 Å². The first-order valence-corrected chi connectivity index (χ1v) is 7.05. The van der Waals surface area contributed by atoms with Gasteiger partial charge in [0.15, 0.2) is 5.03 Å². The molecule has 0 aliphatic carbocycles. The van der Waals surface area contributed by atoms with Crippen molar-refractivity contribution in [3.63, 3.8) is 0 Å². The Morgan fingerprint density at radius 2 is 2.12 bits per heavy atom. The van der Waals surface area contributed by atoms with E-state index in [-0.39, 0.29) is 5.03 Å². The Balaban J connectivity index is 2.36. The third-order valence-corrected chi connectivity index (χ3v) is 4.00. The average Bonchev–Trinajstić information content (AvgIpc) is 2.77. The van der Waals surface area contributed by atoms with Crippen LogP contribution >= 0.6 is 15.9 Å². The van der Waals surface area contributed by atoms with Crippen LogP contribution in [0.15, 0.2) is 40.0 Å². The molecule has 0 aliphatic rings. The van der Waals surface area contributed by atoms with Gasteiger partial charge in [0.2, 0.25) is 0 Å². The van der Waals surface area contributed by atoms with Crippen LogP contribution in [0.5, 0.6) is 0 Å². The van der Waals surface area contributed by atoms with Crippen LogP contribution in [0.2, 0.25) is 0 Å². The molecule has 1 aromatic heterocycles. The van der Waals surface area contributed by atoms with E-state index in [1.165, 1.54) is 12.3 Å². The van der Waals surface area contributed by atoms with Crippen LogP contribution in [0.1, 0.15) is 5.56 Å². The maximum Gasteiger partial charge on any atom is 0.278 e. The molecule has 90 valence electrons. The molecule has 1 aromatic carbocycles. The molecule has 1 heterocycles. The summed E-state index contributed by atoms with van der Waals surface area (Å²) in [5.74, 6) is 0. The normalized spacial score (nSPS) is 11.4. The number of nitrogens with zero attached hydrogens (tertiary/aromatic N) is 1. The first-order chi connectivity index (χ1) is 7.99. The maximum absolute atomic E-state index is 11.9. The van der Waals surface area contributed by atoms with Gasteiger partial charge in [-0.1, -0.05) is 22.0 Å². The number of aromatic nitrogens is 2. The molecule has 0 atom stereocenters. The van der Waals surface area contributed by atoms with E-state index in [2.05, 4.69) is 30.8 Å². The van der Waals surface area contributed by atoms with Crippen LogP contribution in [-0.4, -0.2) is 18.6 Å². The lowest BCUT2D eigenvalue weighted by molar-refractivity contribution is 0.597. The lowest BCUT2D eigenvalue weighted by Gasteiger charge is -2.09. The molecule has 5 nitrogen and oxygen atoms in total. The van der Waals surface area contributed by atoms with Crippen molar-refractivity contribution in [2.75, 3.05) is 4.72 Å². The lowest BCUT2D eigenvalue weighted by Crippen LogP contribution is -2.14. The predicted octanol–water partition coefficient (Wildman–Crippen LogP) is 2.28. The second-order valence-electron chi connectivity index (χ2n) is 3.49. The molecule has 0 unspecified atom stereocenters. The first kappa shape index (κ1) is 12.1. The number of benzene rings is 1. The second-order valence-corrected chi connectivity index (χ2v) is 6.05. The lowest BCUT2D eigenvalue weighted by atomic mass is 10.2. The number of aromatic amines is 1. The molecule has 0 saturated heterocycles. The fraction of sp³-hybridized carbons (Fsp3) is 0.100. The number of sulfonamides is 1. The number of H-pyrrole nitrogens is 1. The minimum absolute atomic E-state index is 0.0388. The summed E-state index contributed by atoms with van der Waals surface area (Å²) in [6, 6.07) is 6.79. The van der Waals surface area contributed by atoms with Crippen molar-refractivity contribution in [1.29, 1.82) is 0 Å². The van der Waals surface area contributed by atoms with Crippen molar-refractivity contribution >= 4 is 31.6 Å². The number of nitrogens with one attached hydrogen (secondary N) is 2. The summed E-state index contributed by atoms with van der Waals surface area (Å²) in [6.45, 7) is 1.83. The molecule has 0 bridgehead atoms. The Morgan fingerprint density at radius 3 is 2.76 bits per heavy atom. The van der Waals surface area contributed by atoms with Gasteiger partial charge in [-0.15, -0.1) is 0 Å². The van der Waals surface area contributed by atoms with Crippen LogP contribution in [0, 0.1) is 6.92 Å². The Labute approximate surface area is 107 Å². The van der Waals surface area contributed by atoms with Crippen molar-refractivity contribution in [2.45, 2.75) is 11.9 Å². The monoisotopic (exact) mass is 315 g/mol. The number of hydrogen-bond acceptors (Lipinski definition) is 3. The van der Waals surface area contributed by atoms with Crippen molar-refractivity contribution in [2.24, 2.45) is 0 Å². The molecule has 2 rings (SSSR count). The Bertz CT molecular complexity index is 623. The fourth-order valence-electron chi connectivity index (χ4n) is 1.30. The zero-order valence-corrected chi connectivity index (χ0v) is 11.3. The summed E-state index contributed by atoms with van der Waals surface area (Å²) in [6.07, 6.45) is 1.39. The molecule has 2 aromatic rings. The molecule has 0 amide bonds. The highest BCUT2D eigenvalue weighted by atomic mass is 79.9. The zero-order valence-electron chi connectivity index (χ0n) is 8.94. The van der Waals surface area contributed by atoms with Gasteiger partial charge in [-0.25, -0.2) is 0 Å². The van der Waals surface area contributed by atoms with Crippen molar-refractivity contribution in [3.05, 3.63) is 40.5 Å². The van der Waals surface area contributed by atoms with Crippen molar-refractivity contribution < 1.29 is 8.42 Å². The zero-order chi connectivity index (χ0) is 12.5. The van der Waals surface area contributed by atoms with Gasteiger partial charge in [-0.2, -0.15) is 13.5 Å². The smallest absolute Gasteiger partial charge is 0.278 e. The molecular formula is C10H10BrN3O2S. The summed E-state index contributed by atoms with van der Waals surface area (Å²) in [5, 5.41) is 6.07. The van der Waals surface area contributed by atoms with Gasteiger partial charge in [0.05, 0.1) is 11.9 Å². The predicted molar refractivity (Wildman–Crippen MR) is 68.3 cm³/mol. The van der Waals surface area contributed by atoms with Crippen LogP contribution < -0.4 is 4.72 Å². The number of aryl methyl sites for hydroxylation is 1. The van der Waals surface area contributed by atoms with Crippen LogP contribution in [0.25, 0.3) is 0 Å². The van der Waals surface area contributed by atoms with Gasteiger partial charge in [0.1, 0.15) is 0 Å². The first-order valence-electron chi connectivity index (χ1n) is 4.77. The SMILES string of the molecule is Cc1ccc(Br)cc1NS(=O)(=O)c1ccn[nH]1. The van der Waals surface area contributed by atoms with Gasteiger partial charge >= 0.3 is 0 Å². The standard InChI is InChI=1S/C10H10BrN3O2S/c1-7-2-3-8(11)6-9(7)14-17(15,16)10-4-5-12-13-10/h2-6,14H,1H3,(H,12,13). The minimum Gasteiger partial charge on any atom is -0.278 e. The van der Waals surface area contributed by atoms with E-state index < -0.39 is 10.0 Å². The number of hydrogen-bond donors (Lipinski definition) is 2. The summed E-state index contributed by atoms with van der Waals surface area (Å²) < 4.78 is 27.2. The van der Waals surface area contributed by atoms with Gasteiger partial charge < -0.3 is 0 Å². The Kier molecular flexibility index (Phi) is 3.21. The molecular weight excluding hydrogens is 306 g/mol. The third-order valence-electron chi connectivity index (χ3n) is 2.21. The van der Waals surface area contributed by atoms with Crippen LogP contribution in [0.4, 0.5) is 5.69 Å². The van der Waals surface area contributed by atoms with E-state index >= 15 is 0 Å². The summed E-state index contributed by atoms with van der Waals surface area (Å²) in [4.78, 5) is 0. The van der Waals surface area contributed by atoms with E-state index in [1.807, 2.05) is 19.1 Å². The fourth-order valence-corrected chi connectivity index (χ4v) is 2.69. The average molecular weight is 316 g/mol. The second kappa shape index (κ2) is 4.50. The summed E-state index contributed by atoms with van der Waals surface area (Å²) >= 11 is 3.30. The highest BCUT2D eigenvalue weighted by molar-refractivity contribution is 9.10. The Morgan fingerprint density at radius 1 is 1.35 bits per heavy atom. The largest absolute Gasteiger partial charge is 0.278 e. The van der Waals surface area contributed by atoms with E-state index in [0.29, 0.717) is 5.69 Å². The summed E-state index contributed by atoms with van der Waals surface area (Å²) in [5.41, 5.74) is 1.38. The van der Waals surface area contributed by atoms with Crippen molar-refractivity contribution in [3.8, 4) is 0 Å². The molecule has 17 heavy (non-hydrogen) atoms. The van der Waals surface area contributed by atoms with E-state index in [4.69, 9.17) is 0 Å². The molecule has 0 fully saturated rings. The number of halogens is 1. The molecule has 0 aliphatic heterocycles. The number of anilines is 1. The quantitative estimate of drug-likeness (QED) is 0.912. The molecule has 0 saturated carbocycles. The Hall–Kier alpha value is -1.34. The molecule has 0 spiro atoms. The van der Waals surface area contributed by atoms with E-state index in [9.17, 15) is 8.42 Å². The van der Waals surface area contributed by atoms with Crippen LogP contribution in [0.3, 0.4) is 0 Å². The van der Waals surface area contributed by atoms with E-state index in [0.717, 1.165) is 10.0 Å². The molecule has 7 heteroatoms. The highest BCUT2D eigenvalue weighted by Gasteiger charge is 2.16. The van der Waals surface area contributed by atoms with Gasteiger partial charge in [-0.3, -0.25) is 9.82 Å². The summed E-state index contributed by atoms with van der Waals surface area (Å²) in [7, 11) is -3.60. The minimum atomic E-state index is -3.60. The van der Waals surface area contributed by atoms with E-state index in [1.54, 1.807) is 6.07 Å².